The fourth-order valence-electron chi connectivity index (χ4n) is 5.18. The molecule has 1 saturated heterocycles. The number of para-hydroxylation sites is 1. The van der Waals surface area contributed by atoms with E-state index in [0.717, 1.165) is 36.8 Å². The Balaban J connectivity index is 1.48. The van der Waals surface area contributed by atoms with Gasteiger partial charge in [0.05, 0.1) is 41.6 Å². The molecule has 1 aliphatic heterocycles. The van der Waals surface area contributed by atoms with Crippen LogP contribution in [0.3, 0.4) is 0 Å². The quantitative estimate of drug-likeness (QED) is 0.279. The van der Waals surface area contributed by atoms with Crippen LogP contribution in [0.25, 0.3) is 44.0 Å². The van der Waals surface area contributed by atoms with Crippen molar-refractivity contribution in [2.45, 2.75) is 19.4 Å². The first kappa shape index (κ1) is 22.3. The maximum absolute atomic E-state index is 15.3. The molecule has 0 unspecified atom stereocenters. The zero-order valence-corrected chi connectivity index (χ0v) is 19.6. The number of halogens is 1. The minimum absolute atomic E-state index is 0.187. The van der Waals surface area contributed by atoms with Crippen molar-refractivity contribution < 1.29 is 4.39 Å². The highest BCUT2D eigenvalue weighted by Crippen LogP contribution is 2.32. The number of aromatic nitrogens is 4. The monoisotopic (exact) mass is 478 g/mol. The first-order chi connectivity index (χ1) is 17.6. The van der Waals surface area contributed by atoms with Crippen molar-refractivity contribution in [2.75, 3.05) is 19.6 Å². The summed E-state index contributed by atoms with van der Waals surface area (Å²) >= 11 is 0. The number of fused-ring (bicyclic) bond motifs is 4. The highest BCUT2D eigenvalue weighted by molar-refractivity contribution is 6.03. The number of likely N-dealkylation sites (tertiary alicyclic amines) is 1. The van der Waals surface area contributed by atoms with Gasteiger partial charge in [0.25, 0.3) is 5.56 Å². The van der Waals surface area contributed by atoms with Crippen LogP contribution in [0.1, 0.15) is 12.8 Å². The molecule has 0 bridgehead atoms. The predicted molar refractivity (Wildman–Crippen MR) is 137 cm³/mol. The lowest BCUT2D eigenvalue weighted by Crippen LogP contribution is -2.36. The minimum Gasteiger partial charge on any atom is -0.304 e. The second-order valence-corrected chi connectivity index (χ2v) is 9.34. The molecule has 178 valence electrons. The van der Waals surface area contributed by atoms with Gasteiger partial charge < -0.3 is 4.57 Å². The smallest absolute Gasteiger partial charge is 0.269 e. The molecule has 0 aliphatic carbocycles. The second kappa shape index (κ2) is 9.10. The molecule has 8 heteroatoms. The van der Waals surface area contributed by atoms with E-state index < -0.39 is 5.82 Å². The van der Waals surface area contributed by atoms with Gasteiger partial charge in [-0.15, -0.1) is 0 Å². The van der Waals surface area contributed by atoms with Crippen molar-refractivity contribution in [3.63, 3.8) is 0 Å². The highest BCUT2D eigenvalue weighted by Gasteiger charge is 2.22. The standard InChI is InChI=1S/C28H23FN6O/c29-23-13-25-22(12-21(23)20-11-19-3-1-2-4-24(19)31-14-20)28-26(15-32-25)33-16-27(36)35(28)17-18-5-8-34(9-6-18)10-7-30/h1-4,11-16,18H,5-6,8-10,17H2. The molecule has 4 heterocycles. The number of nitrogens with zero attached hydrogens (tertiary/aromatic N) is 6. The molecule has 1 fully saturated rings. The Morgan fingerprint density at radius 1 is 0.972 bits per heavy atom. The molecule has 0 amide bonds. The van der Waals surface area contributed by atoms with Crippen LogP contribution < -0.4 is 5.56 Å². The summed E-state index contributed by atoms with van der Waals surface area (Å²) in [5.74, 6) is -0.0925. The lowest BCUT2D eigenvalue weighted by molar-refractivity contribution is 0.190. The third kappa shape index (κ3) is 3.97. The molecule has 0 atom stereocenters. The molecule has 1 aliphatic rings. The number of benzene rings is 2. The average molecular weight is 479 g/mol. The van der Waals surface area contributed by atoms with Crippen molar-refractivity contribution in [1.29, 1.82) is 5.26 Å². The van der Waals surface area contributed by atoms with E-state index in [4.69, 9.17) is 5.26 Å². The zero-order chi connectivity index (χ0) is 24.6. The summed E-state index contributed by atoms with van der Waals surface area (Å²) in [5, 5.41) is 10.6. The molecule has 0 spiro atoms. The Kier molecular flexibility index (Phi) is 5.62. The van der Waals surface area contributed by atoms with Gasteiger partial charge >= 0.3 is 0 Å². The maximum Gasteiger partial charge on any atom is 0.269 e. The van der Waals surface area contributed by atoms with Crippen LogP contribution in [-0.4, -0.2) is 44.1 Å². The number of piperidine rings is 1. The summed E-state index contributed by atoms with van der Waals surface area (Å²) in [5.41, 5.74) is 3.46. The van der Waals surface area contributed by atoms with Crippen molar-refractivity contribution in [2.24, 2.45) is 5.92 Å². The summed E-state index contributed by atoms with van der Waals surface area (Å²) in [6.07, 6.45) is 6.41. The van der Waals surface area contributed by atoms with Crippen LogP contribution in [0.15, 0.2) is 65.8 Å². The van der Waals surface area contributed by atoms with Gasteiger partial charge in [0, 0.05) is 40.7 Å². The SMILES string of the molecule is N#CCN1CCC(Cn2c(=O)cnc3cnc4cc(F)c(-c5cnc6ccccc6c5)cc4c32)CC1. The first-order valence-corrected chi connectivity index (χ1v) is 12.0. The molecule has 0 N–H and O–H groups in total. The molecule has 36 heavy (non-hydrogen) atoms. The van der Waals surface area contributed by atoms with Crippen molar-refractivity contribution in [3.05, 3.63) is 77.2 Å². The summed E-state index contributed by atoms with van der Waals surface area (Å²) in [4.78, 5) is 28.4. The van der Waals surface area contributed by atoms with Gasteiger partial charge in [-0.3, -0.25) is 19.7 Å². The topological polar surface area (TPSA) is 87.7 Å². The summed E-state index contributed by atoms with van der Waals surface area (Å²) in [6.45, 7) is 2.64. The van der Waals surface area contributed by atoms with E-state index in [1.165, 1.54) is 12.3 Å². The molecule has 3 aromatic heterocycles. The zero-order valence-electron chi connectivity index (χ0n) is 19.6. The molecule has 0 saturated carbocycles. The van der Waals surface area contributed by atoms with Gasteiger partial charge in [0.15, 0.2) is 0 Å². The number of pyridine rings is 2. The van der Waals surface area contributed by atoms with Crippen molar-refractivity contribution >= 4 is 32.8 Å². The minimum atomic E-state index is -0.394. The third-order valence-corrected chi connectivity index (χ3v) is 7.10. The van der Waals surface area contributed by atoms with Crippen molar-refractivity contribution in [1.82, 2.24) is 24.4 Å². The van der Waals surface area contributed by atoms with E-state index in [2.05, 4.69) is 25.9 Å². The summed E-state index contributed by atoms with van der Waals surface area (Å²) in [6, 6.07) is 15.0. The Morgan fingerprint density at radius 3 is 2.58 bits per heavy atom. The number of hydrogen-bond acceptors (Lipinski definition) is 6. The van der Waals surface area contributed by atoms with E-state index in [0.29, 0.717) is 52.1 Å². The van der Waals surface area contributed by atoms with Crippen LogP contribution >= 0.6 is 0 Å². The van der Waals surface area contributed by atoms with Crippen LogP contribution in [0.5, 0.6) is 0 Å². The molecule has 7 nitrogen and oxygen atoms in total. The van der Waals surface area contributed by atoms with Crippen LogP contribution in [0, 0.1) is 23.1 Å². The molecule has 0 radical (unpaired) electrons. The van der Waals surface area contributed by atoms with E-state index >= 15 is 4.39 Å². The Hall–Kier alpha value is -4.22. The molecule has 6 rings (SSSR count). The molecular weight excluding hydrogens is 455 g/mol. The Bertz CT molecular complexity index is 1720. The normalized spacial score (nSPS) is 15.0. The van der Waals surface area contributed by atoms with E-state index in [1.807, 2.05) is 30.3 Å². The Labute approximate surface area is 206 Å². The van der Waals surface area contributed by atoms with Gasteiger partial charge in [0.1, 0.15) is 11.3 Å². The van der Waals surface area contributed by atoms with E-state index in [-0.39, 0.29) is 5.56 Å². The summed E-state index contributed by atoms with van der Waals surface area (Å²) < 4.78 is 17.0. The Morgan fingerprint density at radius 2 is 1.75 bits per heavy atom. The molecular formula is C28H23FN6O. The first-order valence-electron chi connectivity index (χ1n) is 12.0. The molecule has 5 aromatic rings. The van der Waals surface area contributed by atoms with Gasteiger partial charge in [0.2, 0.25) is 0 Å². The summed E-state index contributed by atoms with van der Waals surface area (Å²) in [7, 11) is 0. The van der Waals surface area contributed by atoms with Crippen molar-refractivity contribution in [3.8, 4) is 17.2 Å². The largest absolute Gasteiger partial charge is 0.304 e. The predicted octanol–water partition coefficient (Wildman–Crippen LogP) is 4.53. The fourth-order valence-corrected chi connectivity index (χ4v) is 5.18. The average Bonchev–Trinajstić information content (AvgIpc) is 2.90. The molecule has 2 aromatic carbocycles. The third-order valence-electron chi connectivity index (χ3n) is 7.10. The van der Waals surface area contributed by atoms with Gasteiger partial charge in [-0.25, -0.2) is 9.37 Å². The van der Waals surface area contributed by atoms with Gasteiger partial charge in [-0.05, 0) is 50.0 Å². The van der Waals surface area contributed by atoms with Crippen LogP contribution in [0.4, 0.5) is 4.39 Å². The van der Waals surface area contributed by atoms with E-state index in [1.54, 1.807) is 23.0 Å². The number of rotatable bonds is 4. The lowest BCUT2D eigenvalue weighted by Gasteiger charge is -2.30. The second-order valence-electron chi connectivity index (χ2n) is 9.34. The van der Waals surface area contributed by atoms with Gasteiger partial charge in [-0.1, -0.05) is 18.2 Å². The number of nitriles is 1. The fraction of sp³-hybridized carbons (Fsp3) is 0.250. The number of hydrogen-bond donors (Lipinski definition) is 0. The highest BCUT2D eigenvalue weighted by atomic mass is 19.1. The van der Waals surface area contributed by atoms with Crippen LogP contribution in [-0.2, 0) is 6.54 Å². The lowest BCUT2D eigenvalue weighted by atomic mass is 9.96. The van der Waals surface area contributed by atoms with Crippen LogP contribution in [0.2, 0.25) is 0 Å². The van der Waals surface area contributed by atoms with Gasteiger partial charge in [-0.2, -0.15) is 5.26 Å². The maximum atomic E-state index is 15.3. The van der Waals surface area contributed by atoms with E-state index in [9.17, 15) is 4.79 Å².